The summed E-state index contributed by atoms with van der Waals surface area (Å²) in [6.45, 7) is 8.98. The zero-order chi connectivity index (χ0) is 11.9. The molecule has 0 amide bonds. The van der Waals surface area contributed by atoms with E-state index in [0.717, 1.165) is 0 Å². The second-order valence-corrected chi connectivity index (χ2v) is 5.73. The second-order valence-electron chi connectivity index (χ2n) is 5.73. The maximum absolute atomic E-state index is 11.7. The monoisotopic (exact) mass is 216 g/mol. The Balaban J connectivity index is 2.64. The summed E-state index contributed by atoms with van der Waals surface area (Å²) in [4.78, 5) is 11.7. The van der Waals surface area contributed by atoms with Gasteiger partial charge in [-0.15, -0.1) is 0 Å². The molecule has 0 aromatic carbocycles. The topological polar surface area (TPSA) is 55.8 Å². The highest BCUT2D eigenvalue weighted by Gasteiger charge is 2.46. The molecule has 0 aliphatic carbocycles. The van der Waals surface area contributed by atoms with Crippen molar-refractivity contribution in [2.24, 2.45) is 5.41 Å². The Labute approximate surface area is 90.6 Å². The van der Waals surface area contributed by atoms with Crippen LogP contribution >= 0.6 is 0 Å². The van der Waals surface area contributed by atoms with Gasteiger partial charge < -0.3 is 14.6 Å². The average molecular weight is 216 g/mol. The number of hydrogen-bond donors (Lipinski definition) is 1. The molecule has 0 spiro atoms. The molecular formula is C11H20O4. The highest BCUT2D eigenvalue weighted by Crippen LogP contribution is 2.35. The lowest BCUT2D eigenvalue weighted by Gasteiger charge is -2.27. The van der Waals surface area contributed by atoms with Gasteiger partial charge in [-0.25, -0.2) is 0 Å². The molecule has 1 aliphatic heterocycles. The molecule has 4 nitrogen and oxygen atoms in total. The minimum atomic E-state index is -1.19. The van der Waals surface area contributed by atoms with Crippen LogP contribution in [0.4, 0.5) is 0 Å². The molecule has 1 fully saturated rings. The van der Waals surface area contributed by atoms with E-state index in [-0.39, 0.29) is 12.6 Å². The van der Waals surface area contributed by atoms with Gasteiger partial charge in [0, 0.05) is 6.42 Å². The third-order valence-corrected chi connectivity index (χ3v) is 2.34. The molecule has 2 unspecified atom stereocenters. The Morgan fingerprint density at radius 1 is 1.40 bits per heavy atom. The van der Waals surface area contributed by atoms with E-state index in [9.17, 15) is 9.90 Å². The third-order valence-electron chi connectivity index (χ3n) is 2.34. The van der Waals surface area contributed by atoms with Crippen molar-refractivity contribution in [1.82, 2.24) is 0 Å². The first-order valence-corrected chi connectivity index (χ1v) is 5.14. The predicted molar refractivity (Wildman–Crippen MR) is 55.1 cm³/mol. The van der Waals surface area contributed by atoms with Crippen molar-refractivity contribution in [1.29, 1.82) is 0 Å². The molecule has 1 aliphatic rings. The smallest absolute Gasteiger partial charge is 0.311 e. The Morgan fingerprint density at radius 3 is 2.27 bits per heavy atom. The minimum absolute atomic E-state index is 0.238. The van der Waals surface area contributed by atoms with E-state index in [1.807, 2.05) is 0 Å². The van der Waals surface area contributed by atoms with Crippen LogP contribution in [0.25, 0.3) is 0 Å². The quantitative estimate of drug-likeness (QED) is 0.674. The molecule has 15 heavy (non-hydrogen) atoms. The summed E-state index contributed by atoms with van der Waals surface area (Å²) in [6, 6.07) is 0. The van der Waals surface area contributed by atoms with Crippen molar-refractivity contribution in [2.45, 2.75) is 52.4 Å². The van der Waals surface area contributed by atoms with Crippen LogP contribution in [-0.2, 0) is 14.3 Å². The van der Waals surface area contributed by atoms with Gasteiger partial charge in [-0.1, -0.05) is 0 Å². The van der Waals surface area contributed by atoms with E-state index in [4.69, 9.17) is 9.47 Å². The summed E-state index contributed by atoms with van der Waals surface area (Å²) in [5.41, 5.74) is -1.24. The lowest BCUT2D eigenvalue weighted by Crippen LogP contribution is -2.38. The molecule has 0 bridgehead atoms. The maximum Gasteiger partial charge on any atom is 0.311 e. The van der Waals surface area contributed by atoms with Gasteiger partial charge in [0.15, 0.2) is 5.79 Å². The summed E-state index contributed by atoms with van der Waals surface area (Å²) < 4.78 is 10.5. The number of rotatable bonds is 1. The number of carbonyl (C=O) groups excluding carboxylic acids is 1. The van der Waals surface area contributed by atoms with Crippen LogP contribution in [0.15, 0.2) is 0 Å². The zero-order valence-electron chi connectivity index (χ0n) is 10.1. The first-order valence-electron chi connectivity index (χ1n) is 5.14. The summed E-state index contributed by atoms with van der Waals surface area (Å²) in [7, 11) is 0. The van der Waals surface area contributed by atoms with Crippen molar-refractivity contribution >= 4 is 5.97 Å². The molecule has 1 N–H and O–H groups in total. The van der Waals surface area contributed by atoms with Crippen LogP contribution in [0, 0.1) is 5.41 Å². The molecule has 4 heteroatoms. The Morgan fingerprint density at radius 2 is 1.93 bits per heavy atom. The molecule has 0 aromatic heterocycles. The van der Waals surface area contributed by atoms with Crippen molar-refractivity contribution in [3.63, 3.8) is 0 Å². The minimum Gasteiger partial charge on any atom is -0.456 e. The van der Waals surface area contributed by atoms with Gasteiger partial charge in [0.25, 0.3) is 0 Å². The van der Waals surface area contributed by atoms with Crippen LogP contribution in [0.5, 0.6) is 0 Å². The first-order chi connectivity index (χ1) is 6.54. The van der Waals surface area contributed by atoms with Crippen LogP contribution in [0.3, 0.4) is 0 Å². The van der Waals surface area contributed by atoms with E-state index >= 15 is 0 Å². The summed E-state index contributed by atoms with van der Waals surface area (Å²) in [5, 5.41) is 9.63. The molecule has 1 rings (SSSR count). The van der Waals surface area contributed by atoms with Crippen LogP contribution in [0.1, 0.15) is 41.0 Å². The van der Waals surface area contributed by atoms with E-state index < -0.39 is 16.8 Å². The number of esters is 1. The van der Waals surface area contributed by atoms with E-state index in [1.165, 1.54) is 0 Å². The average Bonchev–Trinajstić information content (AvgIpc) is 2.23. The van der Waals surface area contributed by atoms with Gasteiger partial charge in [0.05, 0.1) is 12.0 Å². The van der Waals surface area contributed by atoms with Gasteiger partial charge in [-0.05, 0) is 34.6 Å². The lowest BCUT2D eigenvalue weighted by molar-refractivity contribution is -0.167. The van der Waals surface area contributed by atoms with Gasteiger partial charge >= 0.3 is 5.97 Å². The van der Waals surface area contributed by atoms with Crippen molar-refractivity contribution in [3.8, 4) is 0 Å². The van der Waals surface area contributed by atoms with Crippen molar-refractivity contribution in [2.75, 3.05) is 6.61 Å². The predicted octanol–water partition coefficient (Wildman–Crippen LogP) is 1.46. The Hall–Kier alpha value is -0.610. The largest absolute Gasteiger partial charge is 0.456 e. The SMILES string of the molecule is CC1(O)CC(C)(OC(=O)C(C)(C)C)CO1. The lowest BCUT2D eigenvalue weighted by atomic mass is 9.95. The fourth-order valence-electron chi connectivity index (χ4n) is 1.55. The van der Waals surface area contributed by atoms with Gasteiger partial charge in [0.2, 0.25) is 0 Å². The molecule has 0 aromatic rings. The normalized spacial score (nSPS) is 36.7. The highest BCUT2D eigenvalue weighted by molar-refractivity contribution is 5.75. The number of aliphatic hydroxyl groups is 1. The highest BCUT2D eigenvalue weighted by atomic mass is 16.7. The summed E-state index contributed by atoms with van der Waals surface area (Å²) >= 11 is 0. The summed E-state index contributed by atoms with van der Waals surface area (Å²) in [6.07, 6.45) is 0.307. The van der Waals surface area contributed by atoms with E-state index in [2.05, 4.69) is 0 Å². The van der Waals surface area contributed by atoms with E-state index in [1.54, 1.807) is 34.6 Å². The molecule has 1 heterocycles. The molecular weight excluding hydrogens is 196 g/mol. The number of carbonyl (C=O) groups is 1. The third kappa shape index (κ3) is 3.18. The van der Waals surface area contributed by atoms with Crippen LogP contribution < -0.4 is 0 Å². The molecule has 0 saturated carbocycles. The fraction of sp³-hybridized carbons (Fsp3) is 0.909. The Bertz CT molecular complexity index is 264. The summed E-state index contributed by atoms with van der Waals surface area (Å²) in [5.74, 6) is -1.46. The Kier molecular flexibility index (Phi) is 2.87. The fourth-order valence-corrected chi connectivity index (χ4v) is 1.55. The van der Waals surface area contributed by atoms with Crippen LogP contribution in [-0.4, -0.2) is 29.1 Å². The van der Waals surface area contributed by atoms with Crippen LogP contribution in [0.2, 0.25) is 0 Å². The molecule has 88 valence electrons. The zero-order valence-corrected chi connectivity index (χ0v) is 10.1. The molecule has 1 saturated heterocycles. The standard InChI is InChI=1S/C11H20O4/c1-9(2,3)8(12)15-10(4)6-11(5,13)14-7-10/h13H,6-7H2,1-5H3. The number of ether oxygens (including phenoxy) is 2. The van der Waals surface area contributed by atoms with Gasteiger partial charge in [-0.3, -0.25) is 4.79 Å². The molecule has 2 atom stereocenters. The van der Waals surface area contributed by atoms with E-state index in [0.29, 0.717) is 6.42 Å². The van der Waals surface area contributed by atoms with Crippen molar-refractivity contribution in [3.05, 3.63) is 0 Å². The number of hydrogen-bond acceptors (Lipinski definition) is 4. The van der Waals surface area contributed by atoms with Gasteiger partial charge in [-0.2, -0.15) is 0 Å². The second kappa shape index (κ2) is 3.46. The van der Waals surface area contributed by atoms with Crippen molar-refractivity contribution < 1.29 is 19.4 Å². The first kappa shape index (κ1) is 12.5. The molecule has 0 radical (unpaired) electrons. The maximum atomic E-state index is 11.7. The van der Waals surface area contributed by atoms with Gasteiger partial charge in [0.1, 0.15) is 5.60 Å².